The molecule has 1 aromatic rings. The second-order valence-corrected chi connectivity index (χ2v) is 8.91. The van der Waals surface area contributed by atoms with Crippen LogP contribution in [0.5, 0.6) is 0 Å². The zero-order valence-electron chi connectivity index (χ0n) is 23.0. The molecule has 41 heavy (non-hydrogen) atoms. The van der Waals surface area contributed by atoms with Crippen molar-refractivity contribution in [2.75, 3.05) is 85.8 Å². The third-order valence-corrected chi connectivity index (χ3v) is 5.97. The van der Waals surface area contributed by atoms with Crippen LogP contribution >= 0.6 is 0 Å². The van der Waals surface area contributed by atoms with Gasteiger partial charge >= 0.3 is 0 Å². The first kappa shape index (κ1) is 32.3. The molecule has 1 unspecified atom stereocenters. The van der Waals surface area contributed by atoms with Crippen molar-refractivity contribution < 1.29 is 47.6 Å². The van der Waals surface area contributed by atoms with Gasteiger partial charge < -0.3 is 34.2 Å². The zero-order valence-corrected chi connectivity index (χ0v) is 23.0. The van der Waals surface area contributed by atoms with Crippen LogP contribution in [0.2, 0.25) is 0 Å². The Labute approximate surface area is 238 Å². The van der Waals surface area contributed by atoms with Crippen LogP contribution in [0.4, 0.5) is 0 Å². The van der Waals surface area contributed by atoms with Gasteiger partial charge in [0, 0.05) is 18.5 Å². The van der Waals surface area contributed by atoms with Crippen molar-refractivity contribution in [3.63, 3.8) is 0 Å². The summed E-state index contributed by atoms with van der Waals surface area (Å²) < 4.78 is 32.2. The first-order valence-electron chi connectivity index (χ1n) is 13.5. The summed E-state index contributed by atoms with van der Waals surface area (Å²) in [4.78, 5) is 50.1. The Morgan fingerprint density at radius 2 is 1.29 bits per heavy atom. The number of hydrogen-bond acceptors (Lipinski definition) is 11. The van der Waals surface area contributed by atoms with Gasteiger partial charge in [0.1, 0.15) is 12.6 Å². The predicted octanol–water partition coefficient (Wildman–Crippen LogP) is -0.502. The van der Waals surface area contributed by atoms with E-state index in [1.54, 1.807) is 6.07 Å². The second-order valence-electron chi connectivity index (χ2n) is 8.91. The third-order valence-electron chi connectivity index (χ3n) is 5.97. The van der Waals surface area contributed by atoms with E-state index >= 15 is 0 Å². The second kappa shape index (κ2) is 18.3. The number of carbonyl (C=O) groups excluding carboxylic acids is 4. The Kier molecular flexibility index (Phi) is 14.4. The van der Waals surface area contributed by atoms with E-state index in [1.807, 2.05) is 0 Å². The van der Waals surface area contributed by atoms with Gasteiger partial charge in [-0.05, 0) is 24.6 Å². The topological polar surface area (TPSA) is 165 Å². The lowest BCUT2D eigenvalue weighted by molar-refractivity contribution is -0.136. The molecule has 0 aliphatic carbocycles. The van der Waals surface area contributed by atoms with Crippen molar-refractivity contribution in [3.05, 3.63) is 34.9 Å². The number of imide groups is 2. The van der Waals surface area contributed by atoms with Gasteiger partial charge in [0.05, 0.1) is 83.8 Å². The first-order chi connectivity index (χ1) is 20.0. The summed E-state index contributed by atoms with van der Waals surface area (Å²) in [6.07, 6.45) is 0.176. The maximum absolute atomic E-state index is 12.9. The van der Waals surface area contributed by atoms with Gasteiger partial charge in [0.15, 0.2) is 0 Å². The molecule has 1 atom stereocenters. The largest absolute Gasteiger partial charge is 0.378 e. The van der Waals surface area contributed by atoms with Gasteiger partial charge in [-0.1, -0.05) is 11.8 Å². The number of ether oxygens (including phenoxy) is 6. The molecule has 1 saturated heterocycles. The molecule has 0 saturated carbocycles. The van der Waals surface area contributed by atoms with Crippen LogP contribution in [0, 0.1) is 11.8 Å². The molecule has 4 amide bonds. The molecule has 13 nitrogen and oxygen atoms in total. The Morgan fingerprint density at radius 3 is 1.85 bits per heavy atom. The van der Waals surface area contributed by atoms with Crippen molar-refractivity contribution in [2.45, 2.75) is 18.9 Å². The lowest BCUT2D eigenvalue weighted by atomic mass is 10.0. The summed E-state index contributed by atoms with van der Waals surface area (Å²) in [5, 5.41) is 2.18. The average molecular weight is 576 g/mol. The Bertz CT molecular complexity index is 1100. The molecule has 2 aliphatic heterocycles. The van der Waals surface area contributed by atoms with Gasteiger partial charge in [-0.25, -0.2) is 0 Å². The van der Waals surface area contributed by atoms with Crippen LogP contribution in [-0.4, -0.2) is 120 Å². The molecule has 0 aromatic heterocycles. The van der Waals surface area contributed by atoms with E-state index in [0.29, 0.717) is 84.8 Å². The van der Waals surface area contributed by atoms with E-state index in [4.69, 9.17) is 34.2 Å². The summed E-state index contributed by atoms with van der Waals surface area (Å²) in [6, 6.07) is 3.68. The van der Waals surface area contributed by atoms with Gasteiger partial charge in [-0.2, -0.15) is 0 Å². The van der Waals surface area contributed by atoms with E-state index in [0.717, 1.165) is 4.90 Å². The standard InChI is InChI=1S/C28H37N3O10/c29-7-9-37-11-13-39-15-17-41-19-18-40-16-14-38-12-10-36-8-1-2-21-3-4-22-23(20-21)28(35)31(27(22)34)24-5-6-25(32)30-26(24)33/h3-4,20,24H,5-19,29H2,(H,30,32,33). The summed E-state index contributed by atoms with van der Waals surface area (Å²) >= 11 is 0. The van der Waals surface area contributed by atoms with E-state index in [9.17, 15) is 19.2 Å². The van der Waals surface area contributed by atoms with Crippen molar-refractivity contribution in [1.82, 2.24) is 10.2 Å². The molecule has 13 heteroatoms. The number of amides is 4. The average Bonchev–Trinajstić information content (AvgIpc) is 3.21. The number of benzene rings is 1. The SMILES string of the molecule is NCCOCCOCCOCCOCCOCCOCC#Cc1ccc2c(c1)C(=O)N(C1CCC(=O)NC1=O)C2=O. The highest BCUT2D eigenvalue weighted by Gasteiger charge is 2.44. The van der Waals surface area contributed by atoms with Gasteiger partial charge in [0.25, 0.3) is 11.8 Å². The van der Waals surface area contributed by atoms with E-state index < -0.39 is 29.7 Å². The summed E-state index contributed by atoms with van der Waals surface area (Å²) in [6.45, 7) is 5.78. The van der Waals surface area contributed by atoms with Gasteiger partial charge in [-0.15, -0.1) is 0 Å². The number of nitrogens with two attached hydrogens (primary N) is 1. The third kappa shape index (κ3) is 10.6. The van der Waals surface area contributed by atoms with Crippen LogP contribution in [0.3, 0.4) is 0 Å². The highest BCUT2D eigenvalue weighted by atomic mass is 16.6. The molecular formula is C28H37N3O10. The van der Waals surface area contributed by atoms with Crippen LogP contribution in [0.25, 0.3) is 0 Å². The quantitative estimate of drug-likeness (QED) is 0.124. The van der Waals surface area contributed by atoms with Crippen LogP contribution < -0.4 is 11.1 Å². The fourth-order valence-electron chi connectivity index (χ4n) is 3.99. The molecule has 3 N–H and O–H groups in total. The number of rotatable bonds is 19. The molecule has 0 radical (unpaired) electrons. The summed E-state index contributed by atoms with van der Waals surface area (Å²) in [5.41, 5.74) is 6.25. The maximum Gasteiger partial charge on any atom is 0.262 e. The highest BCUT2D eigenvalue weighted by Crippen LogP contribution is 2.28. The molecule has 224 valence electrons. The van der Waals surface area contributed by atoms with Crippen molar-refractivity contribution in [1.29, 1.82) is 0 Å². The summed E-state index contributed by atoms with van der Waals surface area (Å²) in [5.74, 6) is 3.58. The molecule has 0 bridgehead atoms. The number of fused-ring (bicyclic) bond motifs is 1. The number of carbonyl (C=O) groups is 4. The van der Waals surface area contributed by atoms with Gasteiger partial charge in [0.2, 0.25) is 11.8 Å². The molecule has 2 aliphatic rings. The minimum atomic E-state index is -1.00. The Hall–Kier alpha value is -3.22. The number of piperidine rings is 1. The number of nitrogens with one attached hydrogen (secondary N) is 1. The van der Waals surface area contributed by atoms with Crippen LogP contribution in [0.1, 0.15) is 39.1 Å². The molecule has 3 rings (SSSR count). The minimum absolute atomic E-state index is 0.0692. The van der Waals surface area contributed by atoms with Crippen molar-refractivity contribution >= 4 is 23.6 Å². The molecule has 2 heterocycles. The van der Waals surface area contributed by atoms with Crippen molar-refractivity contribution in [3.8, 4) is 11.8 Å². The zero-order chi connectivity index (χ0) is 29.3. The first-order valence-corrected chi connectivity index (χ1v) is 13.5. The minimum Gasteiger partial charge on any atom is -0.378 e. The molecule has 1 aromatic carbocycles. The monoisotopic (exact) mass is 575 g/mol. The van der Waals surface area contributed by atoms with E-state index in [2.05, 4.69) is 17.2 Å². The number of hydrogen-bond donors (Lipinski definition) is 2. The van der Waals surface area contributed by atoms with E-state index in [-0.39, 0.29) is 30.6 Å². The molecular weight excluding hydrogens is 538 g/mol. The molecule has 0 spiro atoms. The van der Waals surface area contributed by atoms with Crippen molar-refractivity contribution in [2.24, 2.45) is 5.73 Å². The fraction of sp³-hybridized carbons (Fsp3) is 0.571. The lowest BCUT2D eigenvalue weighted by Crippen LogP contribution is -2.54. The predicted molar refractivity (Wildman–Crippen MR) is 144 cm³/mol. The van der Waals surface area contributed by atoms with Crippen LogP contribution in [0.15, 0.2) is 18.2 Å². The highest BCUT2D eigenvalue weighted by molar-refractivity contribution is 6.23. The smallest absolute Gasteiger partial charge is 0.262 e. The fourth-order valence-corrected chi connectivity index (χ4v) is 3.99. The van der Waals surface area contributed by atoms with E-state index in [1.165, 1.54) is 12.1 Å². The summed E-state index contributed by atoms with van der Waals surface area (Å²) in [7, 11) is 0. The van der Waals surface area contributed by atoms with Crippen LogP contribution in [-0.2, 0) is 38.0 Å². The van der Waals surface area contributed by atoms with Gasteiger partial charge in [-0.3, -0.25) is 29.4 Å². The Morgan fingerprint density at radius 1 is 0.756 bits per heavy atom. The maximum atomic E-state index is 12.9. The Balaban J connectivity index is 1.21. The molecule has 1 fully saturated rings. The normalized spacial score (nSPS) is 16.5. The number of nitrogens with zero attached hydrogens (tertiary/aromatic N) is 1. The lowest BCUT2D eigenvalue weighted by Gasteiger charge is -2.27.